The summed E-state index contributed by atoms with van der Waals surface area (Å²) in [4.78, 5) is 37.4. The summed E-state index contributed by atoms with van der Waals surface area (Å²) in [5.41, 5.74) is -0.283. The summed E-state index contributed by atoms with van der Waals surface area (Å²) in [5.74, 6) is -1.83. The molecule has 0 bridgehead atoms. The molecule has 0 saturated heterocycles. The molecule has 1 aromatic rings. The molecule has 0 fully saturated rings. The van der Waals surface area contributed by atoms with Gasteiger partial charge in [-0.15, -0.1) is 0 Å². The Bertz CT molecular complexity index is 467. The van der Waals surface area contributed by atoms with Crippen LogP contribution in [-0.2, 0) is 4.79 Å². The van der Waals surface area contributed by atoms with Crippen LogP contribution in [0.15, 0.2) is 0 Å². The number of carbonyl (C=O) groups excluding carboxylic acids is 2. The number of carbonyl (C=O) groups is 3. The Morgan fingerprint density at radius 2 is 2.05 bits per heavy atom. The molecular formula is C11H15N3O4S. The highest BCUT2D eigenvalue weighted by Crippen LogP contribution is 2.23. The molecule has 19 heavy (non-hydrogen) atoms. The van der Waals surface area contributed by atoms with Crippen LogP contribution in [0, 0.1) is 0 Å². The highest BCUT2D eigenvalue weighted by Gasteiger charge is 2.20. The number of ketones is 1. The zero-order chi connectivity index (χ0) is 14.4. The second kappa shape index (κ2) is 6.83. The quantitative estimate of drug-likeness (QED) is 0.644. The highest BCUT2D eigenvalue weighted by molar-refractivity contribution is 7.17. The van der Waals surface area contributed by atoms with Crippen molar-refractivity contribution < 1.29 is 19.5 Å². The largest absolute Gasteiger partial charge is 0.476 e. The average Bonchev–Trinajstić information content (AvgIpc) is 2.78. The summed E-state index contributed by atoms with van der Waals surface area (Å²) < 4.78 is 0. The summed E-state index contributed by atoms with van der Waals surface area (Å²) in [5, 5.41) is 14.5. The number of nitrogens with zero attached hydrogens (tertiary/aromatic N) is 1. The Morgan fingerprint density at radius 1 is 1.37 bits per heavy atom. The van der Waals surface area contributed by atoms with E-state index in [9.17, 15) is 14.4 Å². The van der Waals surface area contributed by atoms with E-state index >= 15 is 0 Å². The van der Waals surface area contributed by atoms with Crippen molar-refractivity contribution in [2.45, 2.75) is 20.3 Å². The molecule has 1 aromatic heterocycles. The molecule has 7 nitrogen and oxygen atoms in total. The van der Waals surface area contributed by atoms with E-state index in [0.29, 0.717) is 6.54 Å². The number of nitrogens with one attached hydrogen (secondary N) is 2. The van der Waals surface area contributed by atoms with Crippen molar-refractivity contribution in [2.24, 2.45) is 0 Å². The molecule has 104 valence electrons. The fourth-order valence-electron chi connectivity index (χ4n) is 1.26. The van der Waals surface area contributed by atoms with Crippen molar-refractivity contribution in [1.29, 1.82) is 0 Å². The minimum absolute atomic E-state index is 0.0100. The van der Waals surface area contributed by atoms with Gasteiger partial charge in [-0.3, -0.25) is 9.59 Å². The van der Waals surface area contributed by atoms with Gasteiger partial charge in [-0.25, -0.2) is 9.78 Å². The van der Waals surface area contributed by atoms with E-state index in [2.05, 4.69) is 15.6 Å². The van der Waals surface area contributed by atoms with E-state index in [1.807, 2.05) is 6.92 Å². The van der Waals surface area contributed by atoms with Gasteiger partial charge in [0.2, 0.25) is 5.91 Å². The third-order valence-electron chi connectivity index (χ3n) is 2.12. The van der Waals surface area contributed by atoms with Gasteiger partial charge < -0.3 is 15.7 Å². The molecule has 1 amide bonds. The molecule has 0 saturated carbocycles. The molecule has 0 spiro atoms. The number of hydrogen-bond donors (Lipinski definition) is 3. The van der Waals surface area contributed by atoms with E-state index < -0.39 is 5.97 Å². The van der Waals surface area contributed by atoms with Crippen LogP contribution in [0.3, 0.4) is 0 Å². The Hall–Kier alpha value is -1.96. The Kier molecular flexibility index (Phi) is 5.43. The lowest BCUT2D eigenvalue weighted by Gasteiger charge is -2.03. The van der Waals surface area contributed by atoms with Crippen molar-refractivity contribution >= 4 is 34.1 Å². The van der Waals surface area contributed by atoms with Gasteiger partial charge in [0.25, 0.3) is 0 Å². The Morgan fingerprint density at radius 3 is 2.53 bits per heavy atom. The van der Waals surface area contributed by atoms with Crippen molar-refractivity contribution in [3.63, 3.8) is 0 Å². The topological polar surface area (TPSA) is 108 Å². The number of carboxylic acid groups (broad SMARTS) is 1. The van der Waals surface area contributed by atoms with Crippen LogP contribution in [0.5, 0.6) is 0 Å². The summed E-state index contributed by atoms with van der Waals surface area (Å²) in [6.07, 6.45) is 0.834. The normalized spacial score (nSPS) is 10.0. The van der Waals surface area contributed by atoms with Gasteiger partial charge in [0.15, 0.2) is 16.6 Å². The minimum Gasteiger partial charge on any atom is -0.476 e. The number of aromatic carboxylic acids is 1. The standard InChI is InChI=1S/C11H15N3O4S/c1-3-4-12-7(16)5-13-11-14-8(10(17)18)9(19-11)6(2)15/h3-5H2,1-2H3,(H,12,16)(H,13,14)(H,17,18). The lowest BCUT2D eigenvalue weighted by Crippen LogP contribution is -2.30. The molecule has 0 radical (unpaired) electrons. The molecule has 8 heteroatoms. The third kappa shape index (κ3) is 4.32. The number of anilines is 1. The third-order valence-corrected chi connectivity index (χ3v) is 3.24. The zero-order valence-corrected chi connectivity index (χ0v) is 11.5. The smallest absolute Gasteiger partial charge is 0.356 e. The Balaban J connectivity index is 2.70. The molecule has 0 aliphatic carbocycles. The van der Waals surface area contributed by atoms with Gasteiger partial charge in [-0.2, -0.15) is 0 Å². The van der Waals surface area contributed by atoms with Crippen molar-refractivity contribution in [2.75, 3.05) is 18.4 Å². The van der Waals surface area contributed by atoms with Crippen LogP contribution in [-0.4, -0.2) is 40.8 Å². The van der Waals surface area contributed by atoms with E-state index in [0.717, 1.165) is 17.8 Å². The van der Waals surface area contributed by atoms with Crippen LogP contribution in [0.1, 0.15) is 40.4 Å². The lowest BCUT2D eigenvalue weighted by molar-refractivity contribution is -0.119. The average molecular weight is 285 g/mol. The summed E-state index contributed by atoms with van der Waals surface area (Å²) in [6.45, 7) is 3.78. The first kappa shape index (κ1) is 15.1. The number of hydrogen-bond acceptors (Lipinski definition) is 6. The van der Waals surface area contributed by atoms with Crippen LogP contribution in [0.25, 0.3) is 0 Å². The first-order valence-corrected chi connectivity index (χ1v) is 6.53. The van der Waals surface area contributed by atoms with Gasteiger partial charge in [-0.1, -0.05) is 18.3 Å². The first-order valence-electron chi connectivity index (χ1n) is 5.71. The monoisotopic (exact) mass is 285 g/mol. The zero-order valence-electron chi connectivity index (χ0n) is 10.6. The SMILES string of the molecule is CCCNC(=O)CNc1nc(C(=O)O)c(C(C)=O)s1. The minimum atomic E-state index is -1.26. The number of Topliss-reactive ketones (excluding diaryl/α,β-unsaturated/α-hetero) is 1. The predicted molar refractivity (Wildman–Crippen MR) is 70.9 cm³/mol. The molecule has 0 atom stereocenters. The maximum Gasteiger partial charge on any atom is 0.356 e. The maximum atomic E-state index is 11.4. The summed E-state index contributed by atoms with van der Waals surface area (Å²) in [6, 6.07) is 0. The van der Waals surface area contributed by atoms with Gasteiger partial charge in [0.05, 0.1) is 6.54 Å². The second-order valence-corrected chi connectivity index (χ2v) is 4.76. The number of aromatic nitrogens is 1. The van der Waals surface area contributed by atoms with Crippen molar-refractivity contribution in [3.8, 4) is 0 Å². The van der Waals surface area contributed by atoms with Gasteiger partial charge in [0.1, 0.15) is 4.88 Å². The molecule has 0 aromatic carbocycles. The second-order valence-electron chi connectivity index (χ2n) is 3.76. The fourth-order valence-corrected chi connectivity index (χ4v) is 2.11. The van der Waals surface area contributed by atoms with Crippen molar-refractivity contribution in [3.05, 3.63) is 10.6 Å². The summed E-state index contributed by atoms with van der Waals surface area (Å²) in [7, 11) is 0. The molecule has 3 N–H and O–H groups in total. The molecule has 0 aliphatic heterocycles. The molecular weight excluding hydrogens is 270 g/mol. The van der Waals surface area contributed by atoms with Crippen LogP contribution >= 0.6 is 11.3 Å². The highest BCUT2D eigenvalue weighted by atomic mass is 32.1. The first-order chi connectivity index (χ1) is 8.95. The molecule has 1 heterocycles. The van der Waals surface area contributed by atoms with E-state index in [1.165, 1.54) is 6.92 Å². The van der Waals surface area contributed by atoms with E-state index in [-0.39, 0.29) is 33.9 Å². The fraction of sp³-hybridized carbons (Fsp3) is 0.455. The molecule has 1 rings (SSSR count). The van der Waals surface area contributed by atoms with Gasteiger partial charge >= 0.3 is 5.97 Å². The molecule has 0 unspecified atom stereocenters. The molecule has 0 aliphatic rings. The Labute approximate surface area is 114 Å². The van der Waals surface area contributed by atoms with Crippen LogP contribution < -0.4 is 10.6 Å². The van der Waals surface area contributed by atoms with E-state index in [4.69, 9.17) is 5.11 Å². The predicted octanol–water partition coefficient (Wildman–Crippen LogP) is 0.982. The van der Waals surface area contributed by atoms with Gasteiger partial charge in [0, 0.05) is 13.5 Å². The van der Waals surface area contributed by atoms with Crippen LogP contribution in [0.4, 0.5) is 5.13 Å². The van der Waals surface area contributed by atoms with Crippen molar-refractivity contribution in [1.82, 2.24) is 10.3 Å². The number of amides is 1. The maximum absolute atomic E-state index is 11.4. The number of rotatable bonds is 7. The van der Waals surface area contributed by atoms with E-state index in [1.54, 1.807) is 0 Å². The number of carboxylic acids is 1. The lowest BCUT2D eigenvalue weighted by atomic mass is 10.3. The van der Waals surface area contributed by atoms with Crippen LogP contribution in [0.2, 0.25) is 0 Å². The summed E-state index contributed by atoms with van der Waals surface area (Å²) >= 11 is 0.929. The number of thiazole rings is 1. The van der Waals surface area contributed by atoms with Gasteiger partial charge in [-0.05, 0) is 6.42 Å².